The highest BCUT2D eigenvalue weighted by Gasteiger charge is 2.58. The van der Waals surface area contributed by atoms with Crippen LogP contribution in [-0.2, 0) is 9.59 Å². The molecule has 1 saturated heterocycles. The molecule has 1 atom stereocenters. The van der Waals surface area contributed by atoms with Crippen LogP contribution < -0.4 is 5.32 Å². The first-order valence-electron chi connectivity index (χ1n) is 9.49. The Hall–Kier alpha value is -3.02. The van der Waals surface area contributed by atoms with Gasteiger partial charge < -0.3 is 10.2 Å². The first kappa shape index (κ1) is 18.3. The third kappa shape index (κ3) is 3.96. The van der Waals surface area contributed by atoms with E-state index in [-0.39, 0.29) is 29.0 Å². The number of anilines is 1. The Labute approximate surface area is 163 Å². The number of carbonyl (C=O) groups is 2. The molecule has 0 unspecified atom stereocenters. The second kappa shape index (κ2) is 7.54. The number of likely N-dealkylation sites (tertiary alicyclic amines) is 1. The Kier molecular flexibility index (Phi) is 4.94. The second-order valence-corrected chi connectivity index (χ2v) is 7.56. The van der Waals surface area contributed by atoms with Gasteiger partial charge in [-0.1, -0.05) is 6.07 Å². The van der Waals surface area contributed by atoms with Crippen LogP contribution in [0.2, 0.25) is 0 Å². The number of pyridine rings is 1. The summed E-state index contributed by atoms with van der Waals surface area (Å²) in [5.74, 6) is -0.480. The van der Waals surface area contributed by atoms with E-state index in [9.17, 15) is 14.0 Å². The summed E-state index contributed by atoms with van der Waals surface area (Å²) in [6.45, 7) is 1.31. The molecule has 1 aromatic heterocycles. The van der Waals surface area contributed by atoms with Crippen LogP contribution in [0.15, 0.2) is 54.9 Å². The maximum absolute atomic E-state index is 13.3. The predicted molar refractivity (Wildman–Crippen MR) is 105 cm³/mol. The van der Waals surface area contributed by atoms with Crippen LogP contribution >= 0.6 is 0 Å². The second-order valence-electron chi connectivity index (χ2n) is 7.56. The zero-order valence-electron chi connectivity index (χ0n) is 15.5. The van der Waals surface area contributed by atoms with E-state index in [1.54, 1.807) is 36.7 Å². The number of nitrogens with zero attached hydrogens (tertiary/aromatic N) is 2. The summed E-state index contributed by atoms with van der Waals surface area (Å²) in [6.07, 6.45) is 9.25. The van der Waals surface area contributed by atoms with Crippen LogP contribution in [0.25, 0.3) is 6.08 Å². The summed E-state index contributed by atoms with van der Waals surface area (Å²) in [7, 11) is 0. The van der Waals surface area contributed by atoms with Crippen LogP contribution in [-0.4, -0.2) is 34.8 Å². The molecule has 2 amide bonds. The van der Waals surface area contributed by atoms with Crippen molar-refractivity contribution < 1.29 is 14.0 Å². The van der Waals surface area contributed by atoms with Gasteiger partial charge in [0, 0.05) is 43.2 Å². The Morgan fingerprint density at radius 1 is 1.18 bits per heavy atom. The van der Waals surface area contributed by atoms with Crippen LogP contribution in [0.4, 0.5) is 10.1 Å². The molecule has 5 nitrogen and oxygen atoms in total. The number of halogens is 1. The van der Waals surface area contributed by atoms with Gasteiger partial charge in [-0.15, -0.1) is 0 Å². The first-order chi connectivity index (χ1) is 13.6. The number of nitrogens with one attached hydrogen (secondary N) is 1. The molecule has 4 rings (SSSR count). The van der Waals surface area contributed by atoms with E-state index < -0.39 is 0 Å². The molecule has 1 aliphatic heterocycles. The fraction of sp³-hybridized carbons (Fsp3) is 0.318. The van der Waals surface area contributed by atoms with Crippen molar-refractivity contribution in [3.05, 3.63) is 66.2 Å². The van der Waals surface area contributed by atoms with Crippen molar-refractivity contribution in [3.8, 4) is 0 Å². The maximum Gasteiger partial charge on any atom is 0.246 e. The van der Waals surface area contributed by atoms with Crippen LogP contribution in [0.5, 0.6) is 0 Å². The van der Waals surface area contributed by atoms with E-state index in [1.165, 1.54) is 12.1 Å². The minimum atomic E-state index is -0.366. The molecule has 144 valence electrons. The largest absolute Gasteiger partial charge is 0.339 e. The van der Waals surface area contributed by atoms with E-state index in [2.05, 4.69) is 10.3 Å². The lowest BCUT2D eigenvalue weighted by Gasteiger charge is -2.32. The highest BCUT2D eigenvalue weighted by Crippen LogP contribution is 2.59. The number of piperidine rings is 1. The van der Waals surface area contributed by atoms with Crippen LogP contribution in [0, 0.1) is 17.2 Å². The summed E-state index contributed by atoms with van der Waals surface area (Å²) in [5, 5.41) is 2.81. The molecular weight excluding hydrogens is 357 g/mol. The lowest BCUT2D eigenvalue weighted by molar-refractivity contribution is -0.127. The van der Waals surface area contributed by atoms with Crippen LogP contribution in [0.3, 0.4) is 0 Å². The number of hydrogen-bond acceptors (Lipinski definition) is 3. The molecule has 28 heavy (non-hydrogen) atoms. The highest BCUT2D eigenvalue weighted by molar-refractivity contribution is 5.95. The fourth-order valence-corrected chi connectivity index (χ4v) is 3.99. The lowest BCUT2D eigenvalue weighted by Crippen LogP contribution is -2.39. The number of amides is 2. The molecular formula is C22H22FN3O2. The van der Waals surface area contributed by atoms with Crippen molar-refractivity contribution in [2.45, 2.75) is 19.3 Å². The molecule has 1 aliphatic carbocycles. The molecule has 6 heteroatoms. The van der Waals surface area contributed by atoms with Gasteiger partial charge in [-0.3, -0.25) is 14.6 Å². The quantitative estimate of drug-likeness (QED) is 0.827. The summed E-state index contributed by atoms with van der Waals surface area (Å²) in [6, 6.07) is 9.64. The van der Waals surface area contributed by atoms with E-state index in [1.807, 2.05) is 17.0 Å². The fourth-order valence-electron chi connectivity index (χ4n) is 3.99. The summed E-state index contributed by atoms with van der Waals surface area (Å²) >= 11 is 0. The Morgan fingerprint density at radius 2 is 1.93 bits per heavy atom. The van der Waals surface area contributed by atoms with E-state index in [0.29, 0.717) is 18.8 Å². The minimum absolute atomic E-state index is 0.00641. The van der Waals surface area contributed by atoms with Gasteiger partial charge in [0.2, 0.25) is 11.8 Å². The van der Waals surface area contributed by atoms with Gasteiger partial charge in [0.15, 0.2) is 0 Å². The van der Waals surface area contributed by atoms with Gasteiger partial charge >= 0.3 is 0 Å². The highest BCUT2D eigenvalue weighted by atomic mass is 19.1. The number of aromatic nitrogens is 1. The summed E-state index contributed by atoms with van der Waals surface area (Å²) < 4.78 is 13.3. The van der Waals surface area contributed by atoms with Gasteiger partial charge in [0.1, 0.15) is 5.82 Å². The molecule has 2 heterocycles. The van der Waals surface area contributed by atoms with Crippen molar-refractivity contribution in [2.75, 3.05) is 18.4 Å². The van der Waals surface area contributed by atoms with Crippen molar-refractivity contribution in [3.63, 3.8) is 0 Å². The monoisotopic (exact) mass is 379 g/mol. The molecule has 0 bridgehead atoms. The predicted octanol–water partition coefficient (Wildman–Crippen LogP) is 3.50. The van der Waals surface area contributed by atoms with Gasteiger partial charge in [-0.05, 0) is 66.6 Å². The molecule has 2 aromatic rings. The van der Waals surface area contributed by atoms with Crippen molar-refractivity contribution in [2.24, 2.45) is 11.3 Å². The topological polar surface area (TPSA) is 62.3 Å². The van der Waals surface area contributed by atoms with E-state index in [4.69, 9.17) is 0 Å². The average Bonchev–Trinajstić information content (AvgIpc) is 3.41. The Bertz CT molecular complexity index is 905. The maximum atomic E-state index is 13.3. The standard InChI is InChI=1S/C22H22FN3O2/c23-17-2-1-3-18(14-17)25-21(28)19-15-22(19)8-12-26(13-9-22)20(27)5-4-16-6-10-24-11-7-16/h1-7,10-11,14,19H,8-9,12-13,15H2,(H,25,28)/b5-4+/t19-/m1/s1. The third-order valence-corrected chi connectivity index (χ3v) is 5.79. The SMILES string of the molecule is O=C(Nc1cccc(F)c1)[C@H]1CC12CCN(C(=O)/C=C/c1ccncc1)CC2. The van der Waals surface area contributed by atoms with Crippen molar-refractivity contribution in [1.82, 2.24) is 9.88 Å². The molecule has 0 radical (unpaired) electrons. The number of carbonyl (C=O) groups excluding carboxylic acids is 2. The average molecular weight is 379 g/mol. The number of benzene rings is 1. The summed E-state index contributed by atoms with van der Waals surface area (Å²) in [5.41, 5.74) is 1.41. The lowest BCUT2D eigenvalue weighted by atomic mass is 9.90. The Morgan fingerprint density at radius 3 is 2.64 bits per heavy atom. The van der Waals surface area contributed by atoms with Gasteiger partial charge in [0.25, 0.3) is 0 Å². The van der Waals surface area contributed by atoms with Crippen LogP contribution in [0.1, 0.15) is 24.8 Å². The zero-order valence-corrected chi connectivity index (χ0v) is 15.5. The Balaban J connectivity index is 1.29. The molecule has 2 aliphatic rings. The van der Waals surface area contributed by atoms with Crippen molar-refractivity contribution >= 4 is 23.6 Å². The molecule has 2 fully saturated rings. The number of rotatable bonds is 4. The molecule has 1 spiro atoms. The molecule has 1 N–H and O–H groups in total. The van der Waals surface area contributed by atoms with Gasteiger partial charge in [-0.25, -0.2) is 4.39 Å². The first-order valence-corrected chi connectivity index (χ1v) is 9.49. The van der Waals surface area contributed by atoms with Crippen molar-refractivity contribution in [1.29, 1.82) is 0 Å². The van der Waals surface area contributed by atoms with Gasteiger partial charge in [-0.2, -0.15) is 0 Å². The zero-order chi connectivity index (χ0) is 19.6. The molecule has 1 saturated carbocycles. The minimum Gasteiger partial charge on any atom is -0.339 e. The van der Waals surface area contributed by atoms with E-state index in [0.717, 1.165) is 24.8 Å². The normalized spacial score (nSPS) is 20.3. The summed E-state index contributed by atoms with van der Waals surface area (Å²) in [4.78, 5) is 30.7. The number of hydrogen-bond donors (Lipinski definition) is 1. The van der Waals surface area contributed by atoms with E-state index >= 15 is 0 Å². The third-order valence-electron chi connectivity index (χ3n) is 5.79. The van der Waals surface area contributed by atoms with Gasteiger partial charge in [0.05, 0.1) is 0 Å². The smallest absolute Gasteiger partial charge is 0.246 e. The molecule has 1 aromatic carbocycles.